The van der Waals surface area contributed by atoms with Gasteiger partial charge in [-0.15, -0.1) is 0 Å². The zero-order valence-electron chi connectivity index (χ0n) is 8.68. The van der Waals surface area contributed by atoms with Crippen LogP contribution in [0.3, 0.4) is 0 Å². The molecule has 0 aliphatic heterocycles. The Kier molecular flexibility index (Phi) is 3.69. The van der Waals surface area contributed by atoms with Gasteiger partial charge in [-0.3, -0.25) is 4.79 Å². The van der Waals surface area contributed by atoms with E-state index in [-0.39, 0.29) is 11.8 Å². The summed E-state index contributed by atoms with van der Waals surface area (Å²) in [5.74, 6) is -2.42. The van der Waals surface area contributed by atoms with E-state index in [2.05, 4.69) is 0 Å². The van der Waals surface area contributed by atoms with Crippen LogP contribution in [0.25, 0.3) is 0 Å². The van der Waals surface area contributed by atoms with Crippen molar-refractivity contribution in [2.45, 2.75) is 6.18 Å². The van der Waals surface area contributed by atoms with Gasteiger partial charge in [-0.1, -0.05) is 0 Å². The predicted molar refractivity (Wildman–Crippen MR) is 51.1 cm³/mol. The quantitative estimate of drug-likeness (QED) is 0.609. The average Bonchev–Trinajstić information content (AvgIpc) is 2.13. The Hall–Kier alpha value is -1.66. The average molecular weight is 253 g/mol. The number of hydrogen-bond donors (Lipinski definition) is 0. The molecule has 0 saturated carbocycles. The van der Waals surface area contributed by atoms with Crippen molar-refractivity contribution in [3.63, 3.8) is 0 Å². The molecule has 0 heterocycles. The second kappa shape index (κ2) is 4.68. The largest absolute Gasteiger partial charge is 0.405 e. The summed E-state index contributed by atoms with van der Waals surface area (Å²) in [6.07, 6.45) is -4.36. The minimum Gasteiger partial charge on any atom is -0.361 e. The highest BCUT2D eigenvalue weighted by molar-refractivity contribution is 5.76. The molecule has 0 aliphatic carbocycles. The minimum atomic E-state index is -4.57. The number of hydrogen-bond acceptors (Lipinski definition) is 2. The van der Waals surface area contributed by atoms with Crippen molar-refractivity contribution < 1.29 is 26.7 Å². The molecule has 0 saturated heterocycles. The highest BCUT2D eigenvalue weighted by Gasteiger charge is 2.31. The predicted octanol–water partition coefficient (Wildman–Crippen LogP) is 2.78. The van der Waals surface area contributed by atoms with Crippen molar-refractivity contribution in [2.75, 3.05) is 18.5 Å². The fourth-order valence-corrected chi connectivity index (χ4v) is 1.37. The molecule has 7 heteroatoms. The number of carbonyl (C=O) groups is 1. The van der Waals surface area contributed by atoms with Gasteiger partial charge in [0.1, 0.15) is 30.2 Å². The first kappa shape index (κ1) is 13.4. The molecule has 0 aromatic heterocycles. The first-order valence-electron chi connectivity index (χ1n) is 4.46. The van der Waals surface area contributed by atoms with Crippen LogP contribution >= 0.6 is 0 Å². The number of halogens is 5. The lowest BCUT2D eigenvalue weighted by Crippen LogP contribution is -2.32. The zero-order chi connectivity index (χ0) is 13.2. The molecule has 2 nitrogen and oxygen atoms in total. The number of anilines is 1. The van der Waals surface area contributed by atoms with E-state index in [4.69, 9.17) is 0 Å². The van der Waals surface area contributed by atoms with Crippen LogP contribution in [0.2, 0.25) is 0 Å². The number of rotatable bonds is 3. The van der Waals surface area contributed by atoms with Crippen molar-refractivity contribution in [1.29, 1.82) is 0 Å². The fraction of sp³-hybridized carbons (Fsp3) is 0.300. The Morgan fingerprint density at radius 2 is 1.71 bits per heavy atom. The summed E-state index contributed by atoms with van der Waals surface area (Å²) in [6.45, 7) is -1.48. The van der Waals surface area contributed by atoms with Gasteiger partial charge in [0.15, 0.2) is 0 Å². The third-order valence-electron chi connectivity index (χ3n) is 1.97. The number of carbonyl (C=O) groups excluding carboxylic acids is 1. The summed E-state index contributed by atoms with van der Waals surface area (Å²) >= 11 is 0. The van der Waals surface area contributed by atoms with Crippen LogP contribution in [0.15, 0.2) is 12.1 Å². The Morgan fingerprint density at radius 3 is 2.06 bits per heavy atom. The van der Waals surface area contributed by atoms with Crippen molar-refractivity contribution in [3.05, 3.63) is 29.3 Å². The maximum absolute atomic E-state index is 13.3. The Labute approximate surface area is 93.6 Å². The molecule has 0 radical (unpaired) electrons. The van der Waals surface area contributed by atoms with Crippen LogP contribution in [-0.4, -0.2) is 26.1 Å². The summed E-state index contributed by atoms with van der Waals surface area (Å²) in [5.41, 5.74) is -1.09. The molecule has 0 atom stereocenters. The summed E-state index contributed by atoms with van der Waals surface area (Å²) < 4.78 is 62.8. The summed E-state index contributed by atoms with van der Waals surface area (Å²) in [4.78, 5) is 10.7. The van der Waals surface area contributed by atoms with Crippen molar-refractivity contribution in [3.8, 4) is 0 Å². The maximum Gasteiger partial charge on any atom is 0.405 e. The molecule has 0 N–H and O–H groups in total. The van der Waals surface area contributed by atoms with E-state index in [0.29, 0.717) is 17.0 Å². The van der Waals surface area contributed by atoms with Gasteiger partial charge in [0.05, 0.1) is 0 Å². The Balaban J connectivity index is 3.10. The SMILES string of the molecule is CN(CC(F)(F)F)c1c(F)cc(C=O)cc1F. The van der Waals surface area contributed by atoms with Gasteiger partial charge in [0.25, 0.3) is 0 Å². The summed E-state index contributed by atoms with van der Waals surface area (Å²) in [7, 11) is 0.912. The van der Waals surface area contributed by atoms with E-state index in [9.17, 15) is 26.7 Å². The molecule has 94 valence electrons. The van der Waals surface area contributed by atoms with Crippen molar-refractivity contribution in [2.24, 2.45) is 0 Å². The molecule has 1 aromatic rings. The summed E-state index contributed by atoms with van der Waals surface area (Å²) in [6, 6.07) is 1.36. The molecule has 0 bridgehead atoms. The van der Waals surface area contributed by atoms with E-state index in [1.807, 2.05) is 0 Å². The zero-order valence-corrected chi connectivity index (χ0v) is 8.68. The van der Waals surface area contributed by atoms with Gasteiger partial charge in [-0.25, -0.2) is 8.78 Å². The molecule has 17 heavy (non-hydrogen) atoms. The molecule has 0 unspecified atom stereocenters. The lowest BCUT2D eigenvalue weighted by Gasteiger charge is -2.22. The highest BCUT2D eigenvalue weighted by atomic mass is 19.4. The first-order chi connectivity index (χ1) is 7.74. The second-order valence-corrected chi connectivity index (χ2v) is 3.42. The standard InChI is InChI=1S/C10H8F5NO/c1-16(5-10(13,14)15)9-7(11)2-6(4-17)3-8(9)12/h2-4H,5H2,1H3. The lowest BCUT2D eigenvalue weighted by molar-refractivity contribution is -0.119. The molecule has 0 aliphatic rings. The van der Waals surface area contributed by atoms with Gasteiger partial charge in [-0.2, -0.15) is 13.2 Å². The Bertz CT molecular complexity index is 406. The molecule has 1 aromatic carbocycles. The lowest BCUT2D eigenvalue weighted by atomic mass is 10.2. The van der Waals surface area contributed by atoms with E-state index in [1.165, 1.54) is 0 Å². The monoisotopic (exact) mass is 253 g/mol. The molecular formula is C10H8F5NO. The van der Waals surface area contributed by atoms with Gasteiger partial charge in [-0.05, 0) is 12.1 Å². The second-order valence-electron chi connectivity index (χ2n) is 3.42. The minimum absolute atomic E-state index is 0.208. The fourth-order valence-electron chi connectivity index (χ4n) is 1.37. The normalized spacial score (nSPS) is 11.4. The molecule has 0 spiro atoms. The van der Waals surface area contributed by atoms with Crippen LogP contribution in [0.1, 0.15) is 10.4 Å². The van der Waals surface area contributed by atoms with E-state index >= 15 is 0 Å². The molecule has 0 amide bonds. The first-order valence-corrected chi connectivity index (χ1v) is 4.46. The van der Waals surface area contributed by atoms with Crippen LogP contribution in [0.4, 0.5) is 27.6 Å². The molecular weight excluding hydrogens is 245 g/mol. The highest BCUT2D eigenvalue weighted by Crippen LogP contribution is 2.26. The van der Waals surface area contributed by atoms with E-state index in [0.717, 1.165) is 7.05 Å². The van der Waals surface area contributed by atoms with Gasteiger partial charge in [0, 0.05) is 12.6 Å². The third-order valence-corrected chi connectivity index (χ3v) is 1.97. The van der Waals surface area contributed by atoms with Crippen LogP contribution < -0.4 is 4.90 Å². The van der Waals surface area contributed by atoms with Crippen molar-refractivity contribution >= 4 is 12.0 Å². The van der Waals surface area contributed by atoms with Crippen LogP contribution in [0.5, 0.6) is 0 Å². The topological polar surface area (TPSA) is 20.3 Å². The number of alkyl halides is 3. The van der Waals surface area contributed by atoms with E-state index in [1.54, 1.807) is 0 Å². The number of benzene rings is 1. The Morgan fingerprint density at radius 1 is 1.24 bits per heavy atom. The van der Waals surface area contributed by atoms with Crippen LogP contribution in [0, 0.1) is 11.6 Å². The molecule has 0 fully saturated rings. The van der Waals surface area contributed by atoms with Gasteiger partial charge < -0.3 is 4.90 Å². The van der Waals surface area contributed by atoms with Crippen molar-refractivity contribution in [1.82, 2.24) is 0 Å². The van der Waals surface area contributed by atoms with Gasteiger partial charge >= 0.3 is 6.18 Å². The number of aldehydes is 1. The van der Waals surface area contributed by atoms with Crippen LogP contribution in [-0.2, 0) is 0 Å². The van der Waals surface area contributed by atoms with E-state index < -0.39 is 30.0 Å². The summed E-state index contributed by atoms with van der Waals surface area (Å²) in [5, 5.41) is 0. The smallest absolute Gasteiger partial charge is 0.361 e. The number of nitrogens with zero attached hydrogens (tertiary/aromatic N) is 1. The maximum atomic E-state index is 13.3. The third kappa shape index (κ3) is 3.40. The van der Waals surface area contributed by atoms with Gasteiger partial charge in [0.2, 0.25) is 0 Å². The molecule has 1 rings (SSSR count).